The van der Waals surface area contributed by atoms with Crippen LogP contribution in [0.2, 0.25) is 0 Å². The Kier molecular flexibility index (Phi) is 6.49. The lowest BCUT2D eigenvalue weighted by Gasteiger charge is -2.21. The SMILES string of the molecule is CC(=O)Nc1cccc(C(=O)OC(C)C(=O)N(C)Cc2ccccc2)c1. The standard InChI is InChI=1S/C20H22N2O4/c1-14(19(24)22(3)13-16-8-5-4-6-9-16)26-20(25)17-10-7-11-18(12-17)21-15(2)23/h4-12,14H,13H2,1-3H3,(H,21,23). The molecule has 0 bridgehead atoms. The molecule has 0 aliphatic rings. The van der Waals surface area contributed by atoms with Crippen LogP contribution in [-0.2, 0) is 20.9 Å². The van der Waals surface area contributed by atoms with Crippen molar-refractivity contribution in [1.29, 1.82) is 0 Å². The Hall–Kier alpha value is -3.15. The Morgan fingerprint density at radius 1 is 1.08 bits per heavy atom. The first-order chi connectivity index (χ1) is 12.4. The molecule has 0 saturated carbocycles. The summed E-state index contributed by atoms with van der Waals surface area (Å²) in [7, 11) is 1.66. The number of likely N-dealkylation sites (N-methyl/N-ethyl adjacent to an activating group) is 1. The second kappa shape index (κ2) is 8.80. The van der Waals surface area contributed by atoms with Crippen LogP contribution in [0, 0.1) is 0 Å². The number of amides is 2. The van der Waals surface area contributed by atoms with Crippen LogP contribution in [0.15, 0.2) is 54.6 Å². The summed E-state index contributed by atoms with van der Waals surface area (Å²) in [5.74, 6) is -1.15. The first-order valence-corrected chi connectivity index (χ1v) is 8.24. The molecule has 0 aliphatic heterocycles. The van der Waals surface area contributed by atoms with Crippen molar-refractivity contribution >= 4 is 23.5 Å². The van der Waals surface area contributed by atoms with E-state index in [0.29, 0.717) is 12.2 Å². The van der Waals surface area contributed by atoms with Crippen molar-refractivity contribution in [3.05, 3.63) is 65.7 Å². The fourth-order valence-electron chi connectivity index (χ4n) is 2.45. The Bertz CT molecular complexity index is 789. The molecule has 1 unspecified atom stereocenters. The molecule has 2 amide bonds. The van der Waals surface area contributed by atoms with Crippen molar-refractivity contribution in [1.82, 2.24) is 4.90 Å². The van der Waals surface area contributed by atoms with Crippen LogP contribution in [0.3, 0.4) is 0 Å². The van der Waals surface area contributed by atoms with Crippen molar-refractivity contribution in [2.75, 3.05) is 12.4 Å². The fourth-order valence-corrected chi connectivity index (χ4v) is 2.45. The van der Waals surface area contributed by atoms with Crippen LogP contribution in [0.1, 0.15) is 29.8 Å². The number of anilines is 1. The average molecular weight is 354 g/mol. The third-order valence-electron chi connectivity index (χ3n) is 3.69. The third-order valence-corrected chi connectivity index (χ3v) is 3.69. The highest BCUT2D eigenvalue weighted by Gasteiger charge is 2.22. The zero-order chi connectivity index (χ0) is 19.1. The highest BCUT2D eigenvalue weighted by molar-refractivity contribution is 5.95. The number of benzene rings is 2. The van der Waals surface area contributed by atoms with Gasteiger partial charge in [-0.3, -0.25) is 9.59 Å². The second-order valence-electron chi connectivity index (χ2n) is 5.99. The van der Waals surface area contributed by atoms with Gasteiger partial charge >= 0.3 is 5.97 Å². The van der Waals surface area contributed by atoms with Gasteiger partial charge in [-0.25, -0.2) is 4.79 Å². The van der Waals surface area contributed by atoms with Gasteiger partial charge in [-0.05, 0) is 30.7 Å². The van der Waals surface area contributed by atoms with Crippen LogP contribution in [0.25, 0.3) is 0 Å². The summed E-state index contributed by atoms with van der Waals surface area (Å²) in [4.78, 5) is 37.3. The lowest BCUT2D eigenvalue weighted by atomic mass is 10.2. The second-order valence-corrected chi connectivity index (χ2v) is 5.99. The van der Waals surface area contributed by atoms with E-state index in [1.165, 1.54) is 17.9 Å². The molecule has 6 nitrogen and oxygen atoms in total. The van der Waals surface area contributed by atoms with E-state index in [4.69, 9.17) is 4.74 Å². The molecule has 1 atom stereocenters. The first-order valence-electron chi connectivity index (χ1n) is 8.24. The summed E-state index contributed by atoms with van der Waals surface area (Å²) < 4.78 is 5.27. The monoisotopic (exact) mass is 354 g/mol. The molecule has 26 heavy (non-hydrogen) atoms. The number of nitrogens with zero attached hydrogens (tertiary/aromatic N) is 1. The van der Waals surface area contributed by atoms with Gasteiger partial charge in [0.1, 0.15) is 0 Å². The number of nitrogens with one attached hydrogen (secondary N) is 1. The number of carbonyl (C=O) groups excluding carboxylic acids is 3. The van der Waals surface area contributed by atoms with E-state index < -0.39 is 12.1 Å². The van der Waals surface area contributed by atoms with E-state index in [1.54, 1.807) is 32.2 Å². The van der Waals surface area contributed by atoms with Crippen molar-refractivity contribution in [3.8, 4) is 0 Å². The molecule has 1 N–H and O–H groups in total. The van der Waals surface area contributed by atoms with Gasteiger partial charge in [-0.15, -0.1) is 0 Å². The van der Waals surface area contributed by atoms with Gasteiger partial charge in [0, 0.05) is 26.2 Å². The molecular weight excluding hydrogens is 332 g/mol. The molecule has 0 aliphatic carbocycles. The largest absolute Gasteiger partial charge is 0.449 e. The molecule has 0 saturated heterocycles. The summed E-state index contributed by atoms with van der Waals surface area (Å²) in [6, 6.07) is 15.9. The minimum atomic E-state index is -0.916. The van der Waals surface area contributed by atoms with Crippen LogP contribution in [-0.4, -0.2) is 35.8 Å². The Morgan fingerprint density at radius 3 is 2.42 bits per heavy atom. The highest BCUT2D eigenvalue weighted by atomic mass is 16.5. The topological polar surface area (TPSA) is 75.7 Å². The molecule has 0 heterocycles. The smallest absolute Gasteiger partial charge is 0.338 e. The quantitative estimate of drug-likeness (QED) is 0.810. The summed E-state index contributed by atoms with van der Waals surface area (Å²) in [6.45, 7) is 3.35. The minimum absolute atomic E-state index is 0.235. The zero-order valence-electron chi connectivity index (χ0n) is 15.1. The van der Waals surface area contributed by atoms with Gasteiger partial charge in [0.2, 0.25) is 5.91 Å². The summed E-state index contributed by atoms with van der Waals surface area (Å²) in [5, 5.41) is 2.60. The van der Waals surface area contributed by atoms with Crippen LogP contribution >= 0.6 is 0 Å². The average Bonchev–Trinajstić information content (AvgIpc) is 2.61. The van der Waals surface area contributed by atoms with Gasteiger partial charge in [-0.1, -0.05) is 36.4 Å². The van der Waals surface area contributed by atoms with Gasteiger partial charge < -0.3 is 15.0 Å². The molecule has 2 rings (SSSR count). The molecule has 0 radical (unpaired) electrons. The number of hydrogen-bond acceptors (Lipinski definition) is 4. The maximum Gasteiger partial charge on any atom is 0.338 e. The number of rotatable bonds is 6. The molecule has 0 aromatic heterocycles. The van der Waals surface area contributed by atoms with Gasteiger partial charge in [-0.2, -0.15) is 0 Å². The Labute approximate surface area is 152 Å². The number of hydrogen-bond donors (Lipinski definition) is 1. The zero-order valence-corrected chi connectivity index (χ0v) is 15.1. The Balaban J connectivity index is 1.97. The maximum absolute atomic E-state index is 12.4. The Morgan fingerprint density at radius 2 is 1.77 bits per heavy atom. The van der Waals surface area contributed by atoms with Gasteiger partial charge in [0.15, 0.2) is 6.10 Å². The fraction of sp³-hybridized carbons (Fsp3) is 0.250. The van der Waals surface area contributed by atoms with Gasteiger partial charge in [0.25, 0.3) is 5.91 Å². The van der Waals surface area contributed by atoms with E-state index in [0.717, 1.165) is 5.56 Å². The van der Waals surface area contributed by atoms with Crippen LogP contribution in [0.5, 0.6) is 0 Å². The molecule has 2 aromatic carbocycles. The van der Waals surface area contributed by atoms with Crippen molar-refractivity contribution in [2.24, 2.45) is 0 Å². The molecular formula is C20H22N2O4. The van der Waals surface area contributed by atoms with Gasteiger partial charge in [0.05, 0.1) is 5.56 Å². The van der Waals surface area contributed by atoms with E-state index in [2.05, 4.69) is 5.32 Å². The third kappa shape index (κ3) is 5.44. The molecule has 0 spiro atoms. The normalized spacial score (nSPS) is 11.3. The predicted octanol–water partition coefficient (Wildman–Crippen LogP) is 2.85. The lowest BCUT2D eigenvalue weighted by Crippen LogP contribution is -2.37. The lowest BCUT2D eigenvalue weighted by molar-refractivity contribution is -0.139. The molecule has 6 heteroatoms. The summed E-state index contributed by atoms with van der Waals surface area (Å²) in [5.41, 5.74) is 1.75. The van der Waals surface area contributed by atoms with Crippen molar-refractivity contribution in [2.45, 2.75) is 26.5 Å². The summed E-state index contributed by atoms with van der Waals surface area (Å²) in [6.07, 6.45) is -0.916. The highest BCUT2D eigenvalue weighted by Crippen LogP contribution is 2.13. The van der Waals surface area contributed by atoms with E-state index in [-0.39, 0.29) is 17.4 Å². The number of ether oxygens (including phenoxy) is 1. The predicted molar refractivity (Wildman–Crippen MR) is 98.5 cm³/mol. The van der Waals surface area contributed by atoms with Crippen LogP contribution < -0.4 is 5.32 Å². The van der Waals surface area contributed by atoms with E-state index in [1.807, 2.05) is 30.3 Å². The molecule has 136 valence electrons. The van der Waals surface area contributed by atoms with Crippen LogP contribution in [0.4, 0.5) is 5.69 Å². The van der Waals surface area contributed by atoms with E-state index in [9.17, 15) is 14.4 Å². The first kappa shape index (κ1) is 19.2. The van der Waals surface area contributed by atoms with E-state index >= 15 is 0 Å². The number of carbonyl (C=O) groups is 3. The number of esters is 1. The molecule has 2 aromatic rings. The van der Waals surface area contributed by atoms with Crippen molar-refractivity contribution < 1.29 is 19.1 Å². The maximum atomic E-state index is 12.4. The molecule has 0 fully saturated rings. The summed E-state index contributed by atoms with van der Waals surface area (Å²) >= 11 is 0. The van der Waals surface area contributed by atoms with Crippen molar-refractivity contribution in [3.63, 3.8) is 0 Å². The minimum Gasteiger partial charge on any atom is -0.449 e.